The number of benzene rings is 1. The number of morpholine rings is 1. The summed E-state index contributed by atoms with van der Waals surface area (Å²) in [5.74, 6) is 0.854. The third kappa shape index (κ3) is 2.89. The number of nitrogens with zero attached hydrogens (tertiary/aromatic N) is 1. The van der Waals surface area contributed by atoms with Gasteiger partial charge in [-0.2, -0.15) is 0 Å². The van der Waals surface area contributed by atoms with Crippen LogP contribution < -0.4 is 10.2 Å². The summed E-state index contributed by atoms with van der Waals surface area (Å²) < 4.78 is 10.8. The summed E-state index contributed by atoms with van der Waals surface area (Å²) in [5, 5.41) is 3.41. The Kier molecular flexibility index (Phi) is 3.31. The fraction of sp³-hybridized carbons (Fsp3) is 0.562. The monoisotopic (exact) mass is 288 g/mol. The van der Waals surface area contributed by atoms with Gasteiger partial charge in [0.15, 0.2) is 0 Å². The van der Waals surface area contributed by atoms with E-state index in [4.69, 9.17) is 9.47 Å². The van der Waals surface area contributed by atoms with Gasteiger partial charge in [-0.15, -0.1) is 0 Å². The Morgan fingerprint density at radius 2 is 2.05 bits per heavy atom. The van der Waals surface area contributed by atoms with Gasteiger partial charge >= 0.3 is 0 Å². The number of anilines is 2. The highest BCUT2D eigenvalue weighted by molar-refractivity contribution is 5.94. The Morgan fingerprint density at radius 1 is 1.24 bits per heavy atom. The van der Waals surface area contributed by atoms with Gasteiger partial charge in [-0.25, -0.2) is 0 Å². The number of ether oxygens (including phenoxy) is 2. The molecule has 112 valence electrons. The zero-order chi connectivity index (χ0) is 14.2. The molecule has 2 atom stereocenters. The van der Waals surface area contributed by atoms with Gasteiger partial charge in [-0.05, 0) is 43.0 Å². The Hall–Kier alpha value is -1.59. The van der Waals surface area contributed by atoms with Gasteiger partial charge in [-0.1, -0.05) is 0 Å². The van der Waals surface area contributed by atoms with Crippen molar-refractivity contribution in [2.45, 2.75) is 25.0 Å². The molecule has 3 fully saturated rings. The molecule has 0 radical (unpaired) electrons. The first-order chi connectivity index (χ1) is 10.3. The van der Waals surface area contributed by atoms with E-state index in [0.29, 0.717) is 25.4 Å². The largest absolute Gasteiger partial charge is 0.382 e. The number of rotatable bonds is 5. The fourth-order valence-corrected chi connectivity index (χ4v) is 2.93. The molecule has 2 saturated heterocycles. The van der Waals surface area contributed by atoms with Crippen molar-refractivity contribution >= 4 is 17.3 Å². The lowest BCUT2D eigenvalue weighted by molar-refractivity contribution is -0.125. The number of epoxide rings is 1. The molecule has 1 N–H and O–H groups in total. The smallest absolute Gasteiger partial charge is 0.253 e. The number of amides is 1. The van der Waals surface area contributed by atoms with Crippen molar-refractivity contribution in [2.24, 2.45) is 5.92 Å². The zero-order valence-electron chi connectivity index (χ0n) is 12.0. The van der Waals surface area contributed by atoms with Gasteiger partial charge in [0.05, 0.1) is 12.7 Å². The molecule has 0 bridgehead atoms. The molecule has 5 nitrogen and oxygen atoms in total. The summed E-state index contributed by atoms with van der Waals surface area (Å²) in [7, 11) is 0. The maximum Gasteiger partial charge on any atom is 0.253 e. The van der Waals surface area contributed by atoms with E-state index in [1.807, 2.05) is 24.3 Å². The van der Waals surface area contributed by atoms with Gasteiger partial charge < -0.3 is 19.7 Å². The first-order valence-corrected chi connectivity index (χ1v) is 7.69. The highest BCUT2D eigenvalue weighted by Crippen LogP contribution is 2.44. The molecule has 1 aromatic rings. The maximum atomic E-state index is 11.8. The van der Waals surface area contributed by atoms with Crippen LogP contribution in [0.2, 0.25) is 0 Å². The molecule has 5 heteroatoms. The lowest BCUT2D eigenvalue weighted by Crippen LogP contribution is -2.41. The normalized spacial score (nSPS) is 28.6. The van der Waals surface area contributed by atoms with Crippen LogP contribution >= 0.6 is 0 Å². The Bertz CT molecular complexity index is 527. The quantitative estimate of drug-likeness (QED) is 0.837. The van der Waals surface area contributed by atoms with E-state index < -0.39 is 0 Å². The third-order valence-electron chi connectivity index (χ3n) is 4.38. The average Bonchev–Trinajstić information content (AvgIpc) is 3.38. The van der Waals surface area contributed by atoms with E-state index >= 15 is 0 Å². The number of hydrogen-bond acceptors (Lipinski definition) is 4. The predicted octanol–water partition coefficient (Wildman–Crippen LogP) is 1.64. The van der Waals surface area contributed by atoms with Crippen LogP contribution in [-0.4, -0.2) is 44.4 Å². The van der Waals surface area contributed by atoms with Crippen molar-refractivity contribution in [3.05, 3.63) is 24.3 Å². The van der Waals surface area contributed by atoms with Crippen molar-refractivity contribution < 1.29 is 14.3 Å². The van der Waals surface area contributed by atoms with E-state index in [1.54, 1.807) is 4.90 Å². The molecule has 0 spiro atoms. The van der Waals surface area contributed by atoms with Crippen LogP contribution in [0.5, 0.6) is 0 Å². The van der Waals surface area contributed by atoms with Gasteiger partial charge in [0.2, 0.25) is 0 Å². The van der Waals surface area contributed by atoms with E-state index in [9.17, 15) is 4.79 Å². The maximum absolute atomic E-state index is 11.8. The number of carbonyl (C=O) groups excluding carboxylic acids is 1. The van der Waals surface area contributed by atoms with Crippen molar-refractivity contribution in [1.82, 2.24) is 0 Å². The van der Waals surface area contributed by atoms with Crippen LogP contribution in [0.15, 0.2) is 24.3 Å². The first kappa shape index (κ1) is 13.1. The van der Waals surface area contributed by atoms with Crippen molar-refractivity contribution in [3.63, 3.8) is 0 Å². The Labute approximate surface area is 124 Å². The average molecular weight is 288 g/mol. The molecule has 3 aliphatic rings. The van der Waals surface area contributed by atoms with Crippen LogP contribution in [-0.2, 0) is 14.3 Å². The molecule has 1 amide bonds. The minimum Gasteiger partial charge on any atom is -0.382 e. The van der Waals surface area contributed by atoms with Crippen LogP contribution in [0.1, 0.15) is 12.8 Å². The molecule has 1 aromatic carbocycles. The lowest BCUT2D eigenvalue weighted by Gasteiger charge is -2.26. The summed E-state index contributed by atoms with van der Waals surface area (Å²) in [6, 6.07) is 8.01. The van der Waals surface area contributed by atoms with Gasteiger partial charge in [0, 0.05) is 24.5 Å². The highest BCUT2D eigenvalue weighted by Gasteiger charge is 2.48. The molecule has 1 unspecified atom stereocenters. The predicted molar refractivity (Wildman–Crippen MR) is 79.5 cm³/mol. The minimum atomic E-state index is 0.0283. The van der Waals surface area contributed by atoms with Gasteiger partial charge in [0.25, 0.3) is 5.91 Å². The highest BCUT2D eigenvalue weighted by atomic mass is 16.6. The second-order valence-corrected chi connectivity index (χ2v) is 6.00. The molecule has 1 aliphatic carbocycles. The van der Waals surface area contributed by atoms with Crippen LogP contribution in [0.25, 0.3) is 0 Å². The van der Waals surface area contributed by atoms with Gasteiger partial charge in [-0.3, -0.25) is 4.79 Å². The Balaban J connectivity index is 1.32. The second kappa shape index (κ2) is 5.31. The van der Waals surface area contributed by atoms with E-state index in [2.05, 4.69) is 5.32 Å². The third-order valence-corrected chi connectivity index (χ3v) is 4.38. The van der Waals surface area contributed by atoms with Crippen molar-refractivity contribution in [1.29, 1.82) is 0 Å². The SMILES string of the molecule is O=C1COCCN1c1ccc(NC[C@H]2OC2C2CC2)cc1. The topological polar surface area (TPSA) is 54.1 Å². The second-order valence-electron chi connectivity index (χ2n) is 6.00. The van der Waals surface area contributed by atoms with Crippen LogP contribution in [0.4, 0.5) is 11.4 Å². The number of carbonyl (C=O) groups is 1. The Morgan fingerprint density at radius 3 is 2.76 bits per heavy atom. The summed E-state index contributed by atoms with van der Waals surface area (Å²) >= 11 is 0. The summed E-state index contributed by atoms with van der Waals surface area (Å²) in [6.07, 6.45) is 3.56. The summed E-state index contributed by atoms with van der Waals surface area (Å²) in [6.45, 7) is 2.29. The standard InChI is InChI=1S/C16H20N2O3/c19-15-10-20-8-7-18(15)13-5-3-12(4-6-13)17-9-14-16(21-14)11-1-2-11/h3-6,11,14,16-17H,1-2,7-10H2/t14-,16?/m1/s1. The molecule has 2 heterocycles. The molecule has 2 aliphatic heterocycles. The molecule has 1 saturated carbocycles. The molecule has 21 heavy (non-hydrogen) atoms. The molecular weight excluding hydrogens is 268 g/mol. The number of hydrogen-bond donors (Lipinski definition) is 1. The summed E-state index contributed by atoms with van der Waals surface area (Å²) in [5.41, 5.74) is 2.01. The lowest BCUT2D eigenvalue weighted by atomic mass is 10.2. The van der Waals surface area contributed by atoms with E-state index in [0.717, 1.165) is 23.8 Å². The van der Waals surface area contributed by atoms with Crippen LogP contribution in [0, 0.1) is 5.92 Å². The summed E-state index contributed by atoms with van der Waals surface area (Å²) in [4.78, 5) is 13.6. The van der Waals surface area contributed by atoms with E-state index in [-0.39, 0.29) is 12.5 Å². The first-order valence-electron chi connectivity index (χ1n) is 7.69. The number of nitrogens with one attached hydrogen (secondary N) is 1. The molecule has 0 aromatic heterocycles. The van der Waals surface area contributed by atoms with Crippen molar-refractivity contribution in [2.75, 3.05) is 36.5 Å². The van der Waals surface area contributed by atoms with E-state index in [1.165, 1.54) is 12.8 Å². The van der Waals surface area contributed by atoms with Gasteiger partial charge in [0.1, 0.15) is 12.7 Å². The van der Waals surface area contributed by atoms with Crippen molar-refractivity contribution in [3.8, 4) is 0 Å². The molecule has 4 rings (SSSR count). The van der Waals surface area contributed by atoms with Crippen LogP contribution in [0.3, 0.4) is 0 Å². The minimum absolute atomic E-state index is 0.0283. The zero-order valence-corrected chi connectivity index (χ0v) is 12.0. The molecular formula is C16H20N2O3. The fourth-order valence-electron chi connectivity index (χ4n) is 2.93.